The van der Waals surface area contributed by atoms with Crippen LogP contribution in [0.15, 0.2) is 0 Å². The monoisotopic (exact) mass is 446 g/mol. The Balaban J connectivity index is 1.94. The molecule has 3 aromatic rings. The molecule has 3 rings (SSSR count). The van der Waals surface area contributed by atoms with Gasteiger partial charge in [0.05, 0.1) is 9.40 Å². The van der Waals surface area contributed by atoms with Crippen LogP contribution in [0.3, 0.4) is 0 Å². The van der Waals surface area contributed by atoms with E-state index in [-0.39, 0.29) is 5.41 Å². The highest BCUT2D eigenvalue weighted by Crippen LogP contribution is 2.44. The van der Waals surface area contributed by atoms with Gasteiger partial charge in [-0.2, -0.15) is 0 Å². The van der Waals surface area contributed by atoms with Crippen LogP contribution in [0.2, 0.25) is 0 Å². The number of nitrogens with zero attached hydrogens (tertiary/aromatic N) is 4. The summed E-state index contributed by atoms with van der Waals surface area (Å²) in [4.78, 5) is 0. The van der Waals surface area contributed by atoms with E-state index in [1.807, 2.05) is 0 Å². The molecule has 0 aliphatic rings. The first-order chi connectivity index (χ1) is 14.1. The molecule has 0 saturated carbocycles. The fraction of sp³-hybridized carbons (Fsp3) is 0.750. The summed E-state index contributed by atoms with van der Waals surface area (Å²) in [6, 6.07) is 0. The highest BCUT2D eigenvalue weighted by Gasteiger charge is 2.30. The van der Waals surface area contributed by atoms with Gasteiger partial charge in [0, 0.05) is 11.1 Å². The molecule has 0 N–H and O–H groups in total. The van der Waals surface area contributed by atoms with E-state index >= 15 is 0 Å². The molecule has 0 aliphatic heterocycles. The summed E-state index contributed by atoms with van der Waals surface area (Å²) < 4.78 is 11.1. The second-order valence-electron chi connectivity index (χ2n) is 11.0. The number of rotatable bonds is 8. The standard InChI is InChI=1S/C24H38N4S2/c1-9-10-11-12-16(23(3,4)5)14-13-15(2)17-19-22(30-27-25-19)18(24(6,7)8)20-21(17)29-28-26-20/h15-16H,9-14H2,1-8H3. The molecule has 0 aliphatic carbocycles. The molecule has 0 radical (unpaired) electrons. The Morgan fingerprint density at radius 2 is 1.43 bits per heavy atom. The maximum Gasteiger partial charge on any atom is 0.111 e. The SMILES string of the molecule is CCCCCC(CCC(C)c1c2nnsc2c(C(C)(C)C)c2nnsc12)C(C)(C)C. The van der Waals surface area contributed by atoms with Gasteiger partial charge in [0.2, 0.25) is 0 Å². The summed E-state index contributed by atoms with van der Waals surface area (Å²) in [6.07, 6.45) is 7.73. The number of hydrogen-bond donors (Lipinski definition) is 0. The maximum atomic E-state index is 4.60. The quantitative estimate of drug-likeness (QED) is 0.328. The third kappa shape index (κ3) is 4.85. The normalized spacial score (nSPS) is 15.2. The van der Waals surface area contributed by atoms with Crippen molar-refractivity contribution in [2.75, 3.05) is 0 Å². The van der Waals surface area contributed by atoms with Gasteiger partial charge in [-0.1, -0.05) is 83.6 Å². The van der Waals surface area contributed by atoms with E-state index in [4.69, 9.17) is 0 Å². The van der Waals surface area contributed by atoms with Gasteiger partial charge in [0.15, 0.2) is 0 Å². The minimum Gasteiger partial charge on any atom is -0.138 e. The summed E-state index contributed by atoms with van der Waals surface area (Å²) in [7, 11) is 0. The lowest BCUT2D eigenvalue weighted by molar-refractivity contribution is 0.200. The van der Waals surface area contributed by atoms with E-state index in [1.54, 1.807) is 0 Å². The van der Waals surface area contributed by atoms with Crippen molar-refractivity contribution >= 4 is 43.5 Å². The van der Waals surface area contributed by atoms with Crippen LogP contribution in [0.1, 0.15) is 111 Å². The summed E-state index contributed by atoms with van der Waals surface area (Å²) in [6.45, 7) is 18.6. The van der Waals surface area contributed by atoms with Crippen LogP contribution in [0.25, 0.3) is 20.4 Å². The Morgan fingerprint density at radius 3 is 2.03 bits per heavy atom. The Hall–Kier alpha value is -1.14. The molecule has 0 spiro atoms. The maximum absolute atomic E-state index is 4.60. The molecule has 6 heteroatoms. The second kappa shape index (κ2) is 9.15. The fourth-order valence-electron chi connectivity index (χ4n) is 4.68. The van der Waals surface area contributed by atoms with Gasteiger partial charge in [0.1, 0.15) is 11.0 Å². The molecule has 0 bridgehead atoms. The average molecular weight is 447 g/mol. The first-order valence-corrected chi connectivity index (χ1v) is 13.0. The number of fused-ring (bicyclic) bond motifs is 2. The van der Waals surface area contributed by atoms with Crippen molar-refractivity contribution in [3.63, 3.8) is 0 Å². The van der Waals surface area contributed by atoms with Gasteiger partial charge >= 0.3 is 0 Å². The van der Waals surface area contributed by atoms with Gasteiger partial charge in [-0.05, 0) is 65.0 Å². The summed E-state index contributed by atoms with van der Waals surface area (Å²) >= 11 is 3.03. The molecular weight excluding hydrogens is 408 g/mol. The van der Waals surface area contributed by atoms with E-state index in [0.29, 0.717) is 11.3 Å². The van der Waals surface area contributed by atoms with Gasteiger partial charge in [0.25, 0.3) is 0 Å². The van der Waals surface area contributed by atoms with Gasteiger partial charge in [-0.25, -0.2) is 0 Å². The molecule has 2 aromatic heterocycles. The van der Waals surface area contributed by atoms with Crippen LogP contribution in [-0.2, 0) is 5.41 Å². The molecule has 2 heterocycles. The van der Waals surface area contributed by atoms with Crippen molar-refractivity contribution in [1.82, 2.24) is 19.2 Å². The zero-order valence-corrected chi connectivity index (χ0v) is 21.6. The Morgan fingerprint density at radius 1 is 0.800 bits per heavy atom. The smallest absolute Gasteiger partial charge is 0.111 e. The van der Waals surface area contributed by atoms with Crippen LogP contribution < -0.4 is 0 Å². The second-order valence-corrected chi connectivity index (χ2v) is 12.5. The average Bonchev–Trinajstić information content (AvgIpc) is 3.28. The Kier molecular flexibility index (Phi) is 7.18. The van der Waals surface area contributed by atoms with Crippen LogP contribution in [0.4, 0.5) is 0 Å². The first kappa shape index (κ1) is 23.5. The van der Waals surface area contributed by atoms with Gasteiger partial charge in [-0.15, -0.1) is 10.2 Å². The summed E-state index contributed by atoms with van der Waals surface area (Å²) in [5, 5.41) is 9.16. The van der Waals surface area contributed by atoms with Gasteiger partial charge in [-0.3, -0.25) is 0 Å². The van der Waals surface area contributed by atoms with E-state index in [9.17, 15) is 0 Å². The highest BCUT2D eigenvalue weighted by atomic mass is 32.1. The predicted molar refractivity (Wildman–Crippen MR) is 132 cm³/mol. The molecule has 0 saturated heterocycles. The minimum absolute atomic E-state index is 0.0150. The van der Waals surface area contributed by atoms with E-state index in [0.717, 1.165) is 17.0 Å². The van der Waals surface area contributed by atoms with Crippen LogP contribution in [0, 0.1) is 11.3 Å². The van der Waals surface area contributed by atoms with Crippen molar-refractivity contribution in [1.29, 1.82) is 0 Å². The molecule has 1 aromatic carbocycles. The number of unbranched alkanes of at least 4 members (excludes halogenated alkanes) is 2. The van der Waals surface area contributed by atoms with E-state index < -0.39 is 0 Å². The van der Waals surface area contributed by atoms with E-state index in [1.165, 1.54) is 82.1 Å². The Bertz CT molecular complexity index is 923. The molecular formula is C24H38N4S2. The van der Waals surface area contributed by atoms with Crippen LogP contribution >= 0.6 is 23.1 Å². The number of hydrogen-bond acceptors (Lipinski definition) is 6. The van der Waals surface area contributed by atoms with Gasteiger partial charge < -0.3 is 0 Å². The minimum atomic E-state index is -0.0150. The lowest BCUT2D eigenvalue weighted by Gasteiger charge is -2.32. The predicted octanol–water partition coefficient (Wildman–Crippen LogP) is 8.12. The lowest BCUT2D eigenvalue weighted by Crippen LogP contribution is -2.21. The molecule has 0 fully saturated rings. The third-order valence-electron chi connectivity index (χ3n) is 6.51. The molecule has 4 nitrogen and oxygen atoms in total. The lowest BCUT2D eigenvalue weighted by atomic mass is 9.74. The van der Waals surface area contributed by atoms with Crippen molar-refractivity contribution in [2.45, 2.75) is 105 Å². The first-order valence-electron chi connectivity index (χ1n) is 11.5. The third-order valence-corrected chi connectivity index (χ3v) is 8.01. The van der Waals surface area contributed by atoms with E-state index in [2.05, 4.69) is 74.6 Å². The fourth-order valence-corrected chi connectivity index (χ4v) is 6.44. The molecule has 166 valence electrons. The van der Waals surface area contributed by atoms with Crippen molar-refractivity contribution in [3.8, 4) is 0 Å². The van der Waals surface area contributed by atoms with Crippen molar-refractivity contribution in [2.24, 2.45) is 11.3 Å². The van der Waals surface area contributed by atoms with Crippen molar-refractivity contribution in [3.05, 3.63) is 11.1 Å². The van der Waals surface area contributed by atoms with Crippen LogP contribution in [0.5, 0.6) is 0 Å². The zero-order chi connectivity index (χ0) is 22.1. The van der Waals surface area contributed by atoms with Crippen molar-refractivity contribution < 1.29 is 0 Å². The molecule has 2 atom stereocenters. The van der Waals surface area contributed by atoms with Crippen LogP contribution in [-0.4, -0.2) is 19.2 Å². The molecule has 2 unspecified atom stereocenters. The topological polar surface area (TPSA) is 51.6 Å². The summed E-state index contributed by atoms with van der Waals surface area (Å²) in [5.41, 5.74) is 5.04. The molecule has 30 heavy (non-hydrogen) atoms. The number of aromatic nitrogens is 4. The number of benzene rings is 1. The largest absolute Gasteiger partial charge is 0.138 e. The highest BCUT2D eigenvalue weighted by molar-refractivity contribution is 7.15. The summed E-state index contributed by atoms with van der Waals surface area (Å²) in [5.74, 6) is 1.17. The zero-order valence-electron chi connectivity index (χ0n) is 20.0. The Labute approximate surface area is 190 Å². The molecule has 0 amide bonds.